The third-order valence-electron chi connectivity index (χ3n) is 3.30. The van der Waals surface area contributed by atoms with Gasteiger partial charge >= 0.3 is 0 Å². The molecule has 110 valence electrons. The topological polar surface area (TPSA) is 72.2 Å². The fraction of sp³-hybridized carbons (Fsp3) is 0.429. The van der Waals surface area contributed by atoms with Gasteiger partial charge in [0, 0.05) is 0 Å². The minimum atomic E-state index is -0.783. The van der Waals surface area contributed by atoms with Crippen molar-refractivity contribution < 1.29 is 14.0 Å². The Morgan fingerprint density at radius 1 is 1.45 bits per heavy atom. The van der Waals surface area contributed by atoms with Gasteiger partial charge in [-0.3, -0.25) is 9.59 Å². The lowest BCUT2D eigenvalue weighted by Gasteiger charge is -2.21. The van der Waals surface area contributed by atoms with Crippen LogP contribution in [-0.2, 0) is 4.79 Å². The largest absolute Gasteiger partial charge is 0.368 e. The number of hydrogen-bond acceptors (Lipinski definition) is 2. The standard InChI is InChI=1S/C14H18ClFN2O2/c1-4-7(2)12(13(17)19)18-14(20)9-5-8(3)11(16)6-10(9)15/h5-7,12H,4H2,1-3H3,(H2,17,19)(H,18,20)/t7-,12-/m1/s1. The lowest BCUT2D eigenvalue weighted by Crippen LogP contribution is -2.48. The lowest BCUT2D eigenvalue weighted by molar-refractivity contribution is -0.120. The van der Waals surface area contributed by atoms with Crippen molar-refractivity contribution in [1.82, 2.24) is 5.32 Å². The molecule has 0 fully saturated rings. The molecule has 2 amide bonds. The Morgan fingerprint density at radius 3 is 2.55 bits per heavy atom. The summed E-state index contributed by atoms with van der Waals surface area (Å²) in [7, 11) is 0. The third-order valence-corrected chi connectivity index (χ3v) is 3.61. The van der Waals surface area contributed by atoms with Crippen LogP contribution in [0.2, 0.25) is 5.02 Å². The van der Waals surface area contributed by atoms with Gasteiger partial charge < -0.3 is 11.1 Å². The summed E-state index contributed by atoms with van der Waals surface area (Å²) in [6, 6.07) is 1.64. The van der Waals surface area contributed by atoms with Crippen LogP contribution in [-0.4, -0.2) is 17.9 Å². The van der Waals surface area contributed by atoms with Crippen LogP contribution in [0.1, 0.15) is 36.2 Å². The van der Waals surface area contributed by atoms with Gasteiger partial charge in [0.15, 0.2) is 0 Å². The summed E-state index contributed by atoms with van der Waals surface area (Å²) >= 11 is 5.86. The number of nitrogens with two attached hydrogens (primary N) is 1. The van der Waals surface area contributed by atoms with Gasteiger partial charge in [-0.1, -0.05) is 31.9 Å². The molecule has 4 nitrogen and oxygen atoms in total. The lowest BCUT2D eigenvalue weighted by atomic mass is 9.98. The van der Waals surface area contributed by atoms with Gasteiger partial charge in [0.05, 0.1) is 10.6 Å². The van der Waals surface area contributed by atoms with E-state index in [4.69, 9.17) is 17.3 Å². The van der Waals surface area contributed by atoms with Gasteiger partial charge in [0.2, 0.25) is 5.91 Å². The zero-order valence-corrected chi connectivity index (χ0v) is 12.4. The van der Waals surface area contributed by atoms with Crippen molar-refractivity contribution in [3.8, 4) is 0 Å². The number of rotatable bonds is 5. The number of benzene rings is 1. The van der Waals surface area contributed by atoms with E-state index in [1.165, 1.54) is 13.0 Å². The molecule has 0 aliphatic heterocycles. The van der Waals surface area contributed by atoms with Crippen LogP contribution in [0.4, 0.5) is 4.39 Å². The molecule has 1 aromatic carbocycles. The summed E-state index contributed by atoms with van der Waals surface area (Å²) in [6.45, 7) is 5.23. The Hall–Kier alpha value is -1.62. The van der Waals surface area contributed by atoms with Crippen LogP contribution in [0.15, 0.2) is 12.1 Å². The molecule has 0 saturated heterocycles. The second kappa shape index (κ2) is 6.70. The number of amides is 2. The molecule has 1 aromatic rings. The van der Waals surface area contributed by atoms with E-state index in [0.717, 1.165) is 6.07 Å². The molecule has 0 aliphatic carbocycles. The molecular formula is C14H18ClFN2O2. The molecule has 0 aromatic heterocycles. The molecule has 0 unspecified atom stereocenters. The smallest absolute Gasteiger partial charge is 0.253 e. The van der Waals surface area contributed by atoms with Crippen molar-refractivity contribution in [2.24, 2.45) is 11.7 Å². The second-order valence-corrected chi connectivity index (χ2v) is 5.23. The first-order chi connectivity index (χ1) is 9.27. The Bertz CT molecular complexity index is 534. The SMILES string of the molecule is CC[C@@H](C)[C@@H](NC(=O)c1cc(C)c(F)cc1Cl)C(N)=O. The molecule has 2 atom stereocenters. The maximum absolute atomic E-state index is 13.3. The number of hydrogen-bond donors (Lipinski definition) is 2. The van der Waals surface area contributed by atoms with Gasteiger partial charge in [0.1, 0.15) is 11.9 Å². The van der Waals surface area contributed by atoms with Crippen molar-refractivity contribution in [1.29, 1.82) is 0 Å². The third kappa shape index (κ3) is 3.70. The highest BCUT2D eigenvalue weighted by molar-refractivity contribution is 6.33. The van der Waals surface area contributed by atoms with E-state index in [1.54, 1.807) is 0 Å². The van der Waals surface area contributed by atoms with Crippen LogP contribution in [0.5, 0.6) is 0 Å². The summed E-state index contributed by atoms with van der Waals surface area (Å²) in [5.41, 5.74) is 5.71. The van der Waals surface area contributed by atoms with E-state index < -0.39 is 23.7 Å². The summed E-state index contributed by atoms with van der Waals surface area (Å²) < 4.78 is 13.3. The van der Waals surface area contributed by atoms with Crippen molar-refractivity contribution in [3.05, 3.63) is 34.1 Å². The summed E-state index contributed by atoms with van der Waals surface area (Å²) in [4.78, 5) is 23.5. The average Bonchev–Trinajstić information content (AvgIpc) is 2.38. The van der Waals surface area contributed by atoms with Crippen LogP contribution in [0.3, 0.4) is 0 Å². The highest BCUT2D eigenvalue weighted by Gasteiger charge is 2.25. The van der Waals surface area contributed by atoms with E-state index in [0.29, 0.717) is 12.0 Å². The molecule has 0 spiro atoms. The number of carbonyl (C=O) groups excluding carboxylic acids is 2. The molecule has 0 saturated carbocycles. The summed E-state index contributed by atoms with van der Waals surface area (Å²) in [5, 5.41) is 2.55. The Kier molecular flexibility index (Phi) is 5.51. The predicted octanol–water partition coefficient (Wildman–Crippen LogP) is 2.42. The molecule has 20 heavy (non-hydrogen) atoms. The number of carbonyl (C=O) groups is 2. The fourth-order valence-electron chi connectivity index (χ4n) is 1.78. The maximum atomic E-state index is 13.3. The molecule has 3 N–H and O–H groups in total. The summed E-state index contributed by atoms with van der Waals surface area (Å²) in [5.74, 6) is -1.73. The van der Waals surface area contributed by atoms with E-state index in [-0.39, 0.29) is 16.5 Å². The van der Waals surface area contributed by atoms with Crippen molar-refractivity contribution in [2.75, 3.05) is 0 Å². The maximum Gasteiger partial charge on any atom is 0.253 e. The number of nitrogens with one attached hydrogen (secondary N) is 1. The van der Waals surface area contributed by atoms with Crippen LogP contribution in [0.25, 0.3) is 0 Å². The molecule has 0 bridgehead atoms. The van der Waals surface area contributed by atoms with E-state index >= 15 is 0 Å². The Labute approximate surface area is 122 Å². The van der Waals surface area contributed by atoms with Gasteiger partial charge in [0.25, 0.3) is 5.91 Å². The number of halogens is 2. The molecule has 6 heteroatoms. The molecule has 0 aliphatic rings. The molecule has 0 heterocycles. The number of aryl methyl sites for hydroxylation is 1. The quantitative estimate of drug-likeness (QED) is 0.876. The molecule has 0 radical (unpaired) electrons. The van der Waals surface area contributed by atoms with E-state index in [9.17, 15) is 14.0 Å². The van der Waals surface area contributed by atoms with E-state index in [1.807, 2.05) is 13.8 Å². The van der Waals surface area contributed by atoms with Crippen molar-refractivity contribution in [2.45, 2.75) is 33.2 Å². The molecule has 1 rings (SSSR count). The zero-order valence-electron chi connectivity index (χ0n) is 11.7. The monoisotopic (exact) mass is 300 g/mol. The van der Waals surface area contributed by atoms with Crippen LogP contribution in [0, 0.1) is 18.7 Å². The van der Waals surface area contributed by atoms with Gasteiger partial charge in [-0.2, -0.15) is 0 Å². The van der Waals surface area contributed by atoms with Crippen LogP contribution >= 0.6 is 11.6 Å². The Balaban J connectivity index is 3.01. The first kappa shape index (κ1) is 16.4. The van der Waals surface area contributed by atoms with Crippen molar-refractivity contribution >= 4 is 23.4 Å². The summed E-state index contributed by atoms with van der Waals surface area (Å²) in [6.07, 6.45) is 0.685. The normalized spacial score (nSPS) is 13.7. The van der Waals surface area contributed by atoms with Gasteiger partial charge in [-0.25, -0.2) is 4.39 Å². The fourth-order valence-corrected chi connectivity index (χ4v) is 2.02. The first-order valence-electron chi connectivity index (χ1n) is 6.33. The minimum Gasteiger partial charge on any atom is -0.368 e. The van der Waals surface area contributed by atoms with E-state index in [2.05, 4.69) is 5.32 Å². The predicted molar refractivity (Wildman–Crippen MR) is 76.1 cm³/mol. The van der Waals surface area contributed by atoms with Crippen molar-refractivity contribution in [3.63, 3.8) is 0 Å². The highest BCUT2D eigenvalue weighted by Crippen LogP contribution is 2.21. The van der Waals surface area contributed by atoms with Gasteiger partial charge in [-0.05, 0) is 30.5 Å². The van der Waals surface area contributed by atoms with Crippen LogP contribution < -0.4 is 11.1 Å². The minimum absolute atomic E-state index is 0.00188. The molecular weight excluding hydrogens is 283 g/mol. The average molecular weight is 301 g/mol. The highest BCUT2D eigenvalue weighted by atomic mass is 35.5. The second-order valence-electron chi connectivity index (χ2n) is 4.82. The van der Waals surface area contributed by atoms with Gasteiger partial charge in [-0.15, -0.1) is 0 Å². The number of primary amides is 1. The zero-order chi connectivity index (χ0) is 15.4. The first-order valence-corrected chi connectivity index (χ1v) is 6.71. The Morgan fingerprint density at radius 2 is 2.05 bits per heavy atom.